The van der Waals surface area contributed by atoms with Crippen LogP contribution in [0.15, 0.2) is 18.2 Å². The first-order chi connectivity index (χ1) is 8.58. The quantitative estimate of drug-likeness (QED) is 0.659. The summed E-state index contributed by atoms with van der Waals surface area (Å²) in [6, 6.07) is 6.34. The number of benzene rings is 1. The number of fused-ring (bicyclic) bond motifs is 1. The Balaban J connectivity index is 2.13. The number of aryl methyl sites for hydroxylation is 1. The molecule has 1 aromatic heterocycles. The summed E-state index contributed by atoms with van der Waals surface area (Å²) in [4.78, 5) is 3.24. The van der Waals surface area contributed by atoms with Crippen molar-refractivity contribution in [3.8, 4) is 0 Å². The van der Waals surface area contributed by atoms with E-state index in [9.17, 15) is 0 Å². The maximum absolute atomic E-state index is 5.62. The van der Waals surface area contributed by atoms with Crippen molar-refractivity contribution >= 4 is 23.3 Å². The monoisotopic (exact) mass is 264 g/mol. The Bertz CT molecular complexity index is 583. The molecule has 1 heterocycles. The highest BCUT2D eigenvalue weighted by molar-refractivity contribution is 7.71. The van der Waals surface area contributed by atoms with E-state index < -0.39 is 0 Å². The molecule has 18 heavy (non-hydrogen) atoms. The number of aromatic nitrogens is 2. The molecule has 0 amide bonds. The number of imidazole rings is 1. The van der Waals surface area contributed by atoms with Crippen LogP contribution in [0.5, 0.6) is 0 Å². The molecule has 0 aliphatic rings. The molecule has 0 spiro atoms. The van der Waals surface area contributed by atoms with Gasteiger partial charge in [0.1, 0.15) is 0 Å². The SMILES string of the molecule is Cc1ccc2c(c1)[nH]c(=S)n2CCOCC(C)C. The van der Waals surface area contributed by atoms with Crippen molar-refractivity contribution in [1.29, 1.82) is 0 Å². The zero-order valence-corrected chi connectivity index (χ0v) is 12.0. The van der Waals surface area contributed by atoms with Gasteiger partial charge >= 0.3 is 0 Å². The van der Waals surface area contributed by atoms with Gasteiger partial charge in [-0.1, -0.05) is 19.9 Å². The van der Waals surface area contributed by atoms with Crippen molar-refractivity contribution in [3.05, 3.63) is 28.5 Å². The van der Waals surface area contributed by atoms with E-state index in [1.807, 2.05) is 0 Å². The maximum Gasteiger partial charge on any atom is 0.178 e. The van der Waals surface area contributed by atoms with Crippen molar-refractivity contribution in [2.75, 3.05) is 13.2 Å². The predicted octanol–water partition coefficient (Wildman–Crippen LogP) is 3.68. The Hall–Kier alpha value is -1.13. The molecule has 98 valence electrons. The van der Waals surface area contributed by atoms with Crippen LogP contribution in [0, 0.1) is 17.6 Å². The molecule has 2 aromatic rings. The molecular weight excluding hydrogens is 244 g/mol. The Morgan fingerprint density at radius 1 is 1.39 bits per heavy atom. The molecule has 0 radical (unpaired) electrons. The maximum atomic E-state index is 5.62. The summed E-state index contributed by atoms with van der Waals surface area (Å²) in [6.45, 7) is 8.69. The van der Waals surface area contributed by atoms with Gasteiger partial charge in [0.25, 0.3) is 0 Å². The molecular formula is C14H20N2OS. The highest BCUT2D eigenvalue weighted by Gasteiger charge is 2.04. The largest absolute Gasteiger partial charge is 0.379 e. The molecule has 2 rings (SSSR count). The highest BCUT2D eigenvalue weighted by atomic mass is 32.1. The molecule has 1 N–H and O–H groups in total. The number of nitrogens with zero attached hydrogens (tertiary/aromatic N) is 1. The number of aromatic amines is 1. The Morgan fingerprint density at radius 2 is 2.17 bits per heavy atom. The van der Waals surface area contributed by atoms with Gasteiger partial charge in [-0.2, -0.15) is 0 Å². The third-order valence-corrected chi connectivity index (χ3v) is 3.16. The van der Waals surface area contributed by atoms with Crippen LogP contribution < -0.4 is 0 Å². The van der Waals surface area contributed by atoms with Gasteiger partial charge < -0.3 is 14.3 Å². The van der Waals surface area contributed by atoms with E-state index in [-0.39, 0.29) is 0 Å². The molecule has 0 unspecified atom stereocenters. The molecule has 1 aromatic carbocycles. The molecule has 0 bridgehead atoms. The first-order valence-electron chi connectivity index (χ1n) is 6.35. The fourth-order valence-corrected chi connectivity index (χ4v) is 2.27. The molecule has 0 saturated carbocycles. The minimum atomic E-state index is 0.573. The molecule has 3 nitrogen and oxygen atoms in total. The minimum absolute atomic E-state index is 0.573. The summed E-state index contributed by atoms with van der Waals surface area (Å²) in [6.07, 6.45) is 0. The van der Waals surface area contributed by atoms with Gasteiger partial charge in [0.05, 0.1) is 17.6 Å². The average molecular weight is 264 g/mol. The predicted molar refractivity (Wildman–Crippen MR) is 77.5 cm³/mol. The Kier molecular flexibility index (Phi) is 4.19. The van der Waals surface area contributed by atoms with E-state index in [1.54, 1.807) is 0 Å². The Morgan fingerprint density at radius 3 is 2.89 bits per heavy atom. The summed E-state index contributed by atoms with van der Waals surface area (Å²) in [5.74, 6) is 0.573. The second-order valence-corrected chi connectivity index (χ2v) is 5.46. The van der Waals surface area contributed by atoms with Crippen LogP contribution in [0.4, 0.5) is 0 Å². The van der Waals surface area contributed by atoms with Gasteiger partial charge in [0.2, 0.25) is 0 Å². The molecule has 0 saturated heterocycles. The van der Waals surface area contributed by atoms with Gasteiger partial charge in [-0.05, 0) is 42.8 Å². The normalized spacial score (nSPS) is 11.6. The lowest BCUT2D eigenvalue weighted by Gasteiger charge is -2.08. The summed E-state index contributed by atoms with van der Waals surface area (Å²) in [5, 5.41) is 0. The lowest BCUT2D eigenvalue weighted by atomic mass is 10.2. The van der Waals surface area contributed by atoms with Crippen molar-refractivity contribution in [3.63, 3.8) is 0 Å². The number of hydrogen-bond acceptors (Lipinski definition) is 2. The third kappa shape index (κ3) is 3.00. The molecule has 0 aliphatic carbocycles. The standard InChI is InChI=1S/C14H20N2OS/c1-10(2)9-17-7-6-16-13-5-4-11(3)8-12(13)15-14(16)18/h4-5,8,10H,6-7,9H2,1-3H3,(H,15,18). The van der Waals surface area contributed by atoms with Crippen LogP contribution >= 0.6 is 12.2 Å². The van der Waals surface area contributed by atoms with Crippen molar-refractivity contribution in [1.82, 2.24) is 9.55 Å². The van der Waals surface area contributed by atoms with Crippen LogP contribution in [0.2, 0.25) is 0 Å². The summed E-state index contributed by atoms with van der Waals surface area (Å²) >= 11 is 5.35. The summed E-state index contributed by atoms with van der Waals surface area (Å²) in [7, 11) is 0. The first-order valence-corrected chi connectivity index (χ1v) is 6.75. The molecule has 4 heteroatoms. The van der Waals surface area contributed by atoms with Gasteiger partial charge in [-0.25, -0.2) is 0 Å². The van der Waals surface area contributed by atoms with E-state index >= 15 is 0 Å². The zero-order valence-electron chi connectivity index (χ0n) is 11.2. The minimum Gasteiger partial charge on any atom is -0.379 e. The van der Waals surface area contributed by atoms with Gasteiger partial charge in [0.15, 0.2) is 4.77 Å². The van der Waals surface area contributed by atoms with Crippen LogP contribution in [-0.4, -0.2) is 22.8 Å². The third-order valence-electron chi connectivity index (χ3n) is 2.84. The van der Waals surface area contributed by atoms with E-state index in [1.165, 1.54) is 5.56 Å². The van der Waals surface area contributed by atoms with Crippen molar-refractivity contribution in [2.45, 2.75) is 27.3 Å². The van der Waals surface area contributed by atoms with E-state index in [0.717, 1.165) is 29.0 Å². The van der Waals surface area contributed by atoms with Crippen LogP contribution in [-0.2, 0) is 11.3 Å². The Labute approximate surface area is 113 Å². The van der Waals surface area contributed by atoms with Gasteiger partial charge in [0, 0.05) is 13.2 Å². The lowest BCUT2D eigenvalue weighted by molar-refractivity contribution is 0.103. The second-order valence-electron chi connectivity index (χ2n) is 5.07. The van der Waals surface area contributed by atoms with Gasteiger partial charge in [-0.15, -0.1) is 0 Å². The van der Waals surface area contributed by atoms with Crippen molar-refractivity contribution in [2.24, 2.45) is 5.92 Å². The van der Waals surface area contributed by atoms with Crippen LogP contribution in [0.1, 0.15) is 19.4 Å². The van der Waals surface area contributed by atoms with Crippen LogP contribution in [0.25, 0.3) is 11.0 Å². The highest BCUT2D eigenvalue weighted by Crippen LogP contribution is 2.15. The van der Waals surface area contributed by atoms with Crippen LogP contribution in [0.3, 0.4) is 0 Å². The lowest BCUT2D eigenvalue weighted by Crippen LogP contribution is -2.09. The number of H-pyrrole nitrogens is 1. The molecule has 0 atom stereocenters. The van der Waals surface area contributed by atoms with Gasteiger partial charge in [-0.3, -0.25) is 0 Å². The van der Waals surface area contributed by atoms with E-state index in [4.69, 9.17) is 17.0 Å². The summed E-state index contributed by atoms with van der Waals surface area (Å²) < 4.78 is 8.48. The van der Waals surface area contributed by atoms with Crippen molar-refractivity contribution < 1.29 is 4.74 Å². The number of ether oxygens (including phenoxy) is 1. The smallest absolute Gasteiger partial charge is 0.178 e. The average Bonchev–Trinajstić information content (AvgIpc) is 2.59. The zero-order chi connectivity index (χ0) is 13.1. The second kappa shape index (κ2) is 5.67. The van der Waals surface area contributed by atoms with E-state index in [2.05, 4.69) is 48.5 Å². The summed E-state index contributed by atoms with van der Waals surface area (Å²) in [5.41, 5.74) is 3.49. The number of rotatable bonds is 5. The topological polar surface area (TPSA) is 29.9 Å². The fourth-order valence-electron chi connectivity index (χ4n) is 1.97. The molecule has 0 fully saturated rings. The first kappa shape index (κ1) is 13.3. The van der Waals surface area contributed by atoms with E-state index in [0.29, 0.717) is 12.5 Å². The number of hydrogen-bond donors (Lipinski definition) is 1. The fraction of sp³-hybridized carbons (Fsp3) is 0.500. The molecule has 0 aliphatic heterocycles. The number of nitrogens with one attached hydrogen (secondary N) is 1.